The van der Waals surface area contributed by atoms with Gasteiger partial charge in [0.15, 0.2) is 5.65 Å². The summed E-state index contributed by atoms with van der Waals surface area (Å²) in [6.07, 6.45) is 8.46. The van der Waals surface area contributed by atoms with Crippen molar-refractivity contribution in [3.05, 3.63) is 24.5 Å². The Kier molecular flexibility index (Phi) is 3.29. The van der Waals surface area contributed by atoms with Crippen LogP contribution in [0, 0.1) is 0 Å². The van der Waals surface area contributed by atoms with Gasteiger partial charge in [0.25, 0.3) is 0 Å². The van der Waals surface area contributed by atoms with Crippen LogP contribution in [0.25, 0.3) is 11.2 Å². The van der Waals surface area contributed by atoms with Gasteiger partial charge in [-0.15, -0.1) is 0 Å². The second kappa shape index (κ2) is 5.09. The minimum atomic E-state index is -0.586. The monoisotopic (exact) mass is 258 g/mol. The molecular weight excluding hydrogens is 240 g/mol. The van der Waals surface area contributed by atoms with Gasteiger partial charge in [-0.3, -0.25) is 4.98 Å². The first-order valence-corrected chi connectivity index (χ1v) is 6.79. The van der Waals surface area contributed by atoms with Crippen molar-refractivity contribution in [1.29, 1.82) is 0 Å². The lowest BCUT2D eigenvalue weighted by molar-refractivity contribution is 0.0166. The highest BCUT2D eigenvalue weighted by molar-refractivity contribution is 5.71. The maximum Gasteiger partial charge on any atom is 0.180 e. The molecule has 0 saturated heterocycles. The highest BCUT2D eigenvalue weighted by atomic mass is 16.3. The maximum atomic E-state index is 10.4. The molecular formula is C14H18N4O. The predicted molar refractivity (Wildman–Crippen MR) is 73.9 cm³/mol. The Bertz CT molecular complexity index is 566. The predicted octanol–water partition coefficient (Wildman–Crippen LogP) is 2.13. The third kappa shape index (κ3) is 2.81. The van der Waals surface area contributed by atoms with Crippen molar-refractivity contribution in [3.63, 3.8) is 0 Å². The number of anilines is 1. The Balaban J connectivity index is 1.71. The summed E-state index contributed by atoms with van der Waals surface area (Å²) >= 11 is 0. The Labute approximate surface area is 112 Å². The van der Waals surface area contributed by atoms with Crippen LogP contribution >= 0.6 is 0 Å². The molecule has 0 atom stereocenters. The minimum absolute atomic E-state index is 0.547. The molecule has 1 fully saturated rings. The Morgan fingerprint density at radius 1 is 1.11 bits per heavy atom. The number of hydrogen-bond acceptors (Lipinski definition) is 5. The summed E-state index contributed by atoms with van der Waals surface area (Å²) in [6, 6.07) is 3.77. The van der Waals surface area contributed by atoms with Crippen LogP contribution in [0.4, 0.5) is 5.82 Å². The smallest absolute Gasteiger partial charge is 0.180 e. The Morgan fingerprint density at radius 3 is 2.74 bits per heavy atom. The van der Waals surface area contributed by atoms with Crippen LogP contribution in [0.1, 0.15) is 32.1 Å². The van der Waals surface area contributed by atoms with Gasteiger partial charge in [0.2, 0.25) is 0 Å². The topological polar surface area (TPSA) is 70.9 Å². The van der Waals surface area contributed by atoms with Crippen LogP contribution in [0.2, 0.25) is 0 Å². The van der Waals surface area contributed by atoms with Gasteiger partial charge in [0.05, 0.1) is 5.60 Å². The summed E-state index contributed by atoms with van der Waals surface area (Å²) in [5.74, 6) is 0.743. The lowest BCUT2D eigenvalue weighted by atomic mass is 9.85. The summed E-state index contributed by atoms with van der Waals surface area (Å²) in [5, 5.41) is 13.6. The molecule has 0 radical (unpaired) electrons. The molecule has 2 aromatic rings. The van der Waals surface area contributed by atoms with E-state index in [-0.39, 0.29) is 0 Å². The first kappa shape index (κ1) is 12.3. The van der Waals surface area contributed by atoms with Gasteiger partial charge in [-0.25, -0.2) is 9.97 Å². The zero-order chi connectivity index (χ0) is 13.1. The van der Waals surface area contributed by atoms with Crippen LogP contribution in [0.5, 0.6) is 0 Å². The lowest BCUT2D eigenvalue weighted by Crippen LogP contribution is -2.38. The van der Waals surface area contributed by atoms with Crippen molar-refractivity contribution in [1.82, 2.24) is 15.0 Å². The number of nitrogens with one attached hydrogen (secondary N) is 1. The molecule has 0 unspecified atom stereocenters. The minimum Gasteiger partial charge on any atom is -0.388 e. The number of pyridine rings is 1. The van der Waals surface area contributed by atoms with Crippen molar-refractivity contribution in [2.75, 3.05) is 11.9 Å². The second-order valence-corrected chi connectivity index (χ2v) is 5.23. The van der Waals surface area contributed by atoms with Gasteiger partial charge in [0.1, 0.15) is 11.3 Å². The van der Waals surface area contributed by atoms with Crippen molar-refractivity contribution >= 4 is 17.0 Å². The number of fused-ring (bicyclic) bond motifs is 1. The molecule has 1 saturated carbocycles. The van der Waals surface area contributed by atoms with Crippen LogP contribution in [0.3, 0.4) is 0 Å². The average molecular weight is 258 g/mol. The SMILES string of the molecule is OC1(CNc2ccc3nccnc3n2)CCCCC1. The van der Waals surface area contributed by atoms with E-state index >= 15 is 0 Å². The van der Waals surface area contributed by atoms with Crippen molar-refractivity contribution in [2.24, 2.45) is 0 Å². The molecule has 1 aliphatic carbocycles. The highest BCUT2D eigenvalue weighted by Crippen LogP contribution is 2.28. The zero-order valence-corrected chi connectivity index (χ0v) is 10.8. The number of rotatable bonds is 3. The highest BCUT2D eigenvalue weighted by Gasteiger charge is 2.28. The summed E-state index contributed by atoms with van der Waals surface area (Å²) < 4.78 is 0. The van der Waals surface area contributed by atoms with E-state index in [9.17, 15) is 5.11 Å². The molecule has 3 rings (SSSR count). The van der Waals surface area contributed by atoms with Gasteiger partial charge in [0, 0.05) is 18.9 Å². The molecule has 5 nitrogen and oxygen atoms in total. The van der Waals surface area contributed by atoms with E-state index < -0.39 is 5.60 Å². The molecule has 2 heterocycles. The van der Waals surface area contributed by atoms with Crippen LogP contribution < -0.4 is 5.32 Å². The van der Waals surface area contributed by atoms with E-state index in [0.29, 0.717) is 12.2 Å². The summed E-state index contributed by atoms with van der Waals surface area (Å²) in [5.41, 5.74) is 0.824. The van der Waals surface area contributed by atoms with Crippen molar-refractivity contribution in [2.45, 2.75) is 37.7 Å². The molecule has 0 bridgehead atoms. The molecule has 0 spiro atoms. The van der Waals surface area contributed by atoms with Gasteiger partial charge < -0.3 is 10.4 Å². The van der Waals surface area contributed by atoms with Gasteiger partial charge in [-0.1, -0.05) is 19.3 Å². The largest absolute Gasteiger partial charge is 0.388 e. The van der Waals surface area contributed by atoms with Crippen molar-refractivity contribution in [3.8, 4) is 0 Å². The molecule has 2 aromatic heterocycles. The van der Waals surface area contributed by atoms with E-state index in [1.807, 2.05) is 12.1 Å². The Hall–Kier alpha value is -1.75. The quantitative estimate of drug-likeness (QED) is 0.882. The summed E-state index contributed by atoms with van der Waals surface area (Å²) in [7, 11) is 0. The van der Waals surface area contributed by atoms with Crippen LogP contribution in [-0.2, 0) is 0 Å². The molecule has 100 valence electrons. The molecule has 0 aliphatic heterocycles. The molecule has 2 N–H and O–H groups in total. The van der Waals surface area contributed by atoms with Crippen molar-refractivity contribution < 1.29 is 5.11 Å². The fourth-order valence-electron chi connectivity index (χ4n) is 2.59. The summed E-state index contributed by atoms with van der Waals surface area (Å²) in [6.45, 7) is 0.547. The lowest BCUT2D eigenvalue weighted by Gasteiger charge is -2.32. The number of aliphatic hydroxyl groups is 1. The molecule has 0 amide bonds. The third-order valence-corrected chi connectivity index (χ3v) is 3.71. The fraction of sp³-hybridized carbons (Fsp3) is 0.500. The van der Waals surface area contributed by atoms with Crippen LogP contribution in [0.15, 0.2) is 24.5 Å². The van der Waals surface area contributed by atoms with E-state index in [4.69, 9.17) is 0 Å². The molecule has 19 heavy (non-hydrogen) atoms. The number of aromatic nitrogens is 3. The summed E-state index contributed by atoms with van der Waals surface area (Å²) in [4.78, 5) is 12.8. The maximum absolute atomic E-state index is 10.4. The fourth-order valence-corrected chi connectivity index (χ4v) is 2.59. The number of hydrogen-bond donors (Lipinski definition) is 2. The van der Waals surface area contributed by atoms with Gasteiger partial charge >= 0.3 is 0 Å². The Morgan fingerprint density at radius 2 is 1.89 bits per heavy atom. The van der Waals surface area contributed by atoms with E-state index in [2.05, 4.69) is 20.3 Å². The molecule has 1 aliphatic rings. The van der Waals surface area contributed by atoms with E-state index in [1.54, 1.807) is 12.4 Å². The average Bonchev–Trinajstić information content (AvgIpc) is 2.46. The third-order valence-electron chi connectivity index (χ3n) is 3.71. The van der Waals surface area contributed by atoms with Gasteiger partial charge in [-0.05, 0) is 25.0 Å². The van der Waals surface area contributed by atoms with Crippen LogP contribution in [-0.4, -0.2) is 32.2 Å². The normalized spacial score (nSPS) is 18.4. The standard InChI is InChI=1S/C14H18N4O/c19-14(6-2-1-3-7-14)10-17-12-5-4-11-13(18-12)16-9-8-15-11/h4-5,8-9,19H,1-3,6-7,10H2,(H,16,17,18). The van der Waals surface area contributed by atoms with E-state index in [1.165, 1.54) is 6.42 Å². The zero-order valence-electron chi connectivity index (χ0n) is 10.8. The van der Waals surface area contributed by atoms with E-state index in [0.717, 1.165) is 37.0 Å². The number of nitrogens with zero attached hydrogens (tertiary/aromatic N) is 3. The first-order valence-electron chi connectivity index (χ1n) is 6.79. The molecule has 5 heteroatoms. The van der Waals surface area contributed by atoms with Gasteiger partial charge in [-0.2, -0.15) is 0 Å². The molecule has 0 aromatic carbocycles. The second-order valence-electron chi connectivity index (χ2n) is 5.23. The first-order chi connectivity index (χ1) is 9.25.